The molecular formula is C23H28F4N4O3. The largest absolute Gasteiger partial charge is 0.490 e. The topological polar surface area (TPSA) is 78.7 Å². The Morgan fingerprint density at radius 1 is 1.15 bits per heavy atom. The Bertz CT molecular complexity index is 1010. The summed E-state index contributed by atoms with van der Waals surface area (Å²) in [4.78, 5) is 26.0. The molecule has 1 aromatic carbocycles. The molecule has 1 unspecified atom stereocenters. The van der Waals surface area contributed by atoms with E-state index in [1.165, 1.54) is 11.6 Å². The number of benzene rings is 1. The first kappa shape index (κ1) is 25.7. The van der Waals surface area contributed by atoms with Crippen molar-refractivity contribution in [3.8, 4) is 0 Å². The Hall–Kier alpha value is -2.95. The number of carboxylic acid groups (broad SMARTS) is 1. The zero-order chi connectivity index (χ0) is 24.9. The standard InChI is InChI=1S/C21H27FN4O.C2HF3O2/c1-24-14-18(13-23-24)15-25-10-3-7-21(9-11-25)8-6-20(27)26(21)16-17-4-2-5-19(22)12-17;3-2(4,5)1(6)7/h2,4-5,12-14H,3,6-11,15-16H2,1H3;(H,6,7). The van der Waals surface area contributed by atoms with Gasteiger partial charge in [-0.3, -0.25) is 14.4 Å². The lowest BCUT2D eigenvalue weighted by Crippen LogP contribution is -2.45. The number of aromatic nitrogens is 2. The highest BCUT2D eigenvalue weighted by Crippen LogP contribution is 2.40. The van der Waals surface area contributed by atoms with Gasteiger partial charge in [-0.1, -0.05) is 12.1 Å². The lowest BCUT2D eigenvalue weighted by molar-refractivity contribution is -0.192. The van der Waals surface area contributed by atoms with Crippen LogP contribution in [0.2, 0.25) is 0 Å². The molecule has 1 aromatic heterocycles. The van der Waals surface area contributed by atoms with Gasteiger partial charge in [0.2, 0.25) is 5.91 Å². The van der Waals surface area contributed by atoms with Gasteiger partial charge in [-0.15, -0.1) is 0 Å². The van der Waals surface area contributed by atoms with Crippen molar-refractivity contribution in [3.63, 3.8) is 0 Å². The third-order valence-electron chi connectivity index (χ3n) is 6.32. The fourth-order valence-electron chi connectivity index (χ4n) is 4.67. The average Bonchev–Trinajstić information content (AvgIpc) is 3.21. The number of halogens is 4. The maximum atomic E-state index is 13.6. The predicted octanol–water partition coefficient (Wildman–Crippen LogP) is 3.74. The van der Waals surface area contributed by atoms with E-state index in [-0.39, 0.29) is 17.3 Å². The summed E-state index contributed by atoms with van der Waals surface area (Å²) in [6.45, 7) is 3.43. The van der Waals surface area contributed by atoms with Crippen LogP contribution in [0.1, 0.15) is 43.2 Å². The quantitative estimate of drug-likeness (QED) is 0.669. The highest BCUT2D eigenvalue weighted by molar-refractivity contribution is 5.79. The van der Waals surface area contributed by atoms with Gasteiger partial charge in [0.05, 0.1) is 6.20 Å². The molecule has 1 amide bonds. The summed E-state index contributed by atoms with van der Waals surface area (Å²) in [5.41, 5.74) is 2.03. The van der Waals surface area contributed by atoms with E-state index >= 15 is 0 Å². The summed E-state index contributed by atoms with van der Waals surface area (Å²) in [7, 11) is 1.94. The fourth-order valence-corrected chi connectivity index (χ4v) is 4.67. The van der Waals surface area contributed by atoms with Gasteiger partial charge >= 0.3 is 12.1 Å². The van der Waals surface area contributed by atoms with E-state index in [4.69, 9.17) is 9.90 Å². The zero-order valence-corrected chi connectivity index (χ0v) is 18.9. The molecule has 0 saturated carbocycles. The van der Waals surface area contributed by atoms with Gasteiger partial charge in [-0.05, 0) is 49.9 Å². The van der Waals surface area contributed by atoms with Gasteiger partial charge < -0.3 is 10.0 Å². The number of aryl methyl sites for hydroxylation is 1. The van der Waals surface area contributed by atoms with E-state index in [0.29, 0.717) is 13.0 Å². The monoisotopic (exact) mass is 484 g/mol. The number of alkyl halides is 3. The lowest BCUT2D eigenvalue weighted by Gasteiger charge is -2.38. The van der Waals surface area contributed by atoms with Crippen molar-refractivity contribution in [2.75, 3.05) is 13.1 Å². The molecule has 2 aliphatic rings. The fraction of sp³-hybridized carbons (Fsp3) is 0.522. The number of rotatable bonds is 4. The van der Waals surface area contributed by atoms with E-state index in [2.05, 4.69) is 16.2 Å². The van der Waals surface area contributed by atoms with Crippen LogP contribution in [0.3, 0.4) is 0 Å². The first-order chi connectivity index (χ1) is 16.0. The smallest absolute Gasteiger partial charge is 0.475 e. The van der Waals surface area contributed by atoms with E-state index in [9.17, 15) is 22.4 Å². The predicted molar refractivity (Wildman–Crippen MR) is 115 cm³/mol. The number of hydrogen-bond donors (Lipinski definition) is 1. The molecule has 2 fully saturated rings. The Morgan fingerprint density at radius 2 is 1.88 bits per heavy atom. The second-order valence-corrected chi connectivity index (χ2v) is 8.79. The Labute approximate surface area is 194 Å². The van der Waals surface area contributed by atoms with Crippen LogP contribution in [0.5, 0.6) is 0 Å². The Kier molecular flexibility index (Phi) is 7.96. The molecule has 0 radical (unpaired) electrons. The van der Waals surface area contributed by atoms with Crippen LogP contribution in [-0.2, 0) is 29.7 Å². The van der Waals surface area contributed by atoms with Crippen molar-refractivity contribution < 1.29 is 32.3 Å². The number of aliphatic carboxylic acids is 1. The highest BCUT2D eigenvalue weighted by Gasteiger charge is 2.45. The summed E-state index contributed by atoms with van der Waals surface area (Å²) < 4.78 is 47.2. The normalized spacial score (nSPS) is 21.3. The van der Waals surface area contributed by atoms with Crippen molar-refractivity contribution in [3.05, 3.63) is 53.6 Å². The van der Waals surface area contributed by atoms with Crippen LogP contribution in [0.25, 0.3) is 0 Å². The van der Waals surface area contributed by atoms with Gasteiger partial charge in [-0.25, -0.2) is 9.18 Å². The number of carbonyl (C=O) groups excluding carboxylic acids is 1. The van der Waals surface area contributed by atoms with Crippen molar-refractivity contribution >= 4 is 11.9 Å². The molecule has 4 rings (SSSR count). The third kappa shape index (κ3) is 6.55. The van der Waals surface area contributed by atoms with Crippen LogP contribution in [-0.4, -0.2) is 61.4 Å². The number of amides is 1. The Balaban J connectivity index is 0.000000406. The molecule has 0 aliphatic carbocycles. The first-order valence-corrected chi connectivity index (χ1v) is 11.0. The van der Waals surface area contributed by atoms with Crippen LogP contribution in [0.15, 0.2) is 36.7 Å². The summed E-state index contributed by atoms with van der Waals surface area (Å²) in [5.74, 6) is -2.79. The highest BCUT2D eigenvalue weighted by atomic mass is 19.4. The molecule has 1 spiro atoms. The minimum atomic E-state index is -5.08. The average molecular weight is 484 g/mol. The summed E-state index contributed by atoms with van der Waals surface area (Å²) in [5, 5.41) is 11.4. The van der Waals surface area contributed by atoms with E-state index in [1.807, 2.05) is 28.9 Å². The van der Waals surface area contributed by atoms with Crippen LogP contribution in [0, 0.1) is 5.82 Å². The molecule has 11 heteroatoms. The summed E-state index contributed by atoms with van der Waals surface area (Å²) in [6.07, 6.45) is 3.52. The number of carboxylic acids is 1. The van der Waals surface area contributed by atoms with Gasteiger partial charge in [0.15, 0.2) is 0 Å². The molecule has 3 heterocycles. The van der Waals surface area contributed by atoms with E-state index < -0.39 is 12.1 Å². The van der Waals surface area contributed by atoms with E-state index in [0.717, 1.165) is 50.9 Å². The third-order valence-corrected chi connectivity index (χ3v) is 6.32. The molecule has 1 N–H and O–H groups in total. The maximum absolute atomic E-state index is 13.6. The van der Waals surface area contributed by atoms with Crippen molar-refractivity contribution in [2.45, 2.75) is 56.9 Å². The zero-order valence-electron chi connectivity index (χ0n) is 18.9. The van der Waals surface area contributed by atoms with Gasteiger partial charge in [0.25, 0.3) is 0 Å². The van der Waals surface area contributed by atoms with Crippen LogP contribution >= 0.6 is 0 Å². The molecule has 34 heavy (non-hydrogen) atoms. The van der Waals surface area contributed by atoms with Gasteiger partial charge in [0, 0.05) is 50.4 Å². The number of nitrogens with zero attached hydrogens (tertiary/aromatic N) is 4. The van der Waals surface area contributed by atoms with E-state index in [1.54, 1.807) is 12.1 Å². The molecule has 186 valence electrons. The molecule has 2 aromatic rings. The van der Waals surface area contributed by atoms with Crippen molar-refractivity contribution in [2.24, 2.45) is 7.05 Å². The Morgan fingerprint density at radius 3 is 2.50 bits per heavy atom. The lowest BCUT2D eigenvalue weighted by atomic mass is 9.87. The molecule has 7 nitrogen and oxygen atoms in total. The summed E-state index contributed by atoms with van der Waals surface area (Å²) in [6, 6.07) is 6.63. The molecular weight excluding hydrogens is 456 g/mol. The molecule has 1 atom stereocenters. The van der Waals surface area contributed by atoms with Gasteiger partial charge in [-0.2, -0.15) is 18.3 Å². The van der Waals surface area contributed by atoms with Crippen molar-refractivity contribution in [1.29, 1.82) is 0 Å². The minimum Gasteiger partial charge on any atom is -0.475 e. The second kappa shape index (κ2) is 10.5. The van der Waals surface area contributed by atoms with Crippen LogP contribution in [0.4, 0.5) is 17.6 Å². The molecule has 2 saturated heterocycles. The number of likely N-dealkylation sites (tertiary alicyclic amines) is 2. The number of hydrogen-bond acceptors (Lipinski definition) is 4. The maximum Gasteiger partial charge on any atom is 0.490 e. The van der Waals surface area contributed by atoms with Gasteiger partial charge in [0.1, 0.15) is 5.82 Å². The van der Waals surface area contributed by atoms with Crippen molar-refractivity contribution in [1.82, 2.24) is 19.6 Å². The minimum absolute atomic E-state index is 0.0763. The second-order valence-electron chi connectivity index (χ2n) is 8.79. The summed E-state index contributed by atoms with van der Waals surface area (Å²) >= 11 is 0. The molecule has 0 bridgehead atoms. The number of carbonyl (C=O) groups is 2. The first-order valence-electron chi connectivity index (χ1n) is 11.0. The van der Waals surface area contributed by atoms with Crippen LogP contribution < -0.4 is 0 Å². The SMILES string of the molecule is Cn1cc(CN2CCCC3(CCC(=O)N3Cc3cccc(F)c3)CC2)cn1.O=C(O)C(F)(F)F. The molecule has 2 aliphatic heterocycles.